The van der Waals surface area contributed by atoms with Gasteiger partial charge in [-0.2, -0.15) is 0 Å². The van der Waals surface area contributed by atoms with Gasteiger partial charge in [0.05, 0.1) is 11.3 Å². The molecule has 0 spiro atoms. The van der Waals surface area contributed by atoms with Crippen LogP contribution in [0.15, 0.2) is 24.3 Å². The Kier molecular flexibility index (Phi) is 3.11. The van der Waals surface area contributed by atoms with E-state index >= 15 is 0 Å². The monoisotopic (exact) mass is 251 g/mol. The molecule has 0 saturated carbocycles. The lowest BCUT2D eigenvalue weighted by molar-refractivity contribution is 0.147. The largest absolute Gasteiger partial charge is 0.465 e. The maximum Gasteiger partial charge on any atom is 0.415 e. The van der Waals surface area contributed by atoms with Gasteiger partial charge >= 0.3 is 6.09 Å². The number of hydrogen-bond donors (Lipinski definition) is 1. The summed E-state index contributed by atoms with van der Waals surface area (Å²) in [6.07, 6.45) is -1.18. The van der Waals surface area contributed by atoms with Gasteiger partial charge in [0.1, 0.15) is 0 Å². The van der Waals surface area contributed by atoms with Crippen molar-refractivity contribution in [2.75, 3.05) is 0 Å². The molecule has 17 heavy (non-hydrogen) atoms. The maximum atomic E-state index is 11.6. The van der Waals surface area contributed by atoms with E-state index in [-0.39, 0.29) is 11.3 Å². The first-order valence-electron chi connectivity index (χ1n) is 5.30. The molecule has 0 radical (unpaired) electrons. The van der Waals surface area contributed by atoms with Crippen LogP contribution >= 0.6 is 11.8 Å². The van der Waals surface area contributed by atoms with Gasteiger partial charge in [0, 0.05) is 0 Å². The number of aryl methyl sites for hydroxylation is 1. The van der Waals surface area contributed by atoms with Crippen LogP contribution in [0.5, 0.6) is 0 Å². The fourth-order valence-electron chi connectivity index (χ4n) is 1.92. The van der Waals surface area contributed by atoms with E-state index < -0.39 is 11.3 Å². The normalized spacial score (nSPS) is 24.1. The number of thioether (sulfide) groups is 1. The zero-order valence-electron chi connectivity index (χ0n) is 9.58. The molecule has 1 saturated heterocycles. The number of nitrogens with zero attached hydrogens (tertiary/aromatic N) is 1. The second-order valence-corrected chi connectivity index (χ2v) is 5.20. The second-order valence-electron chi connectivity index (χ2n) is 4.11. The standard InChI is InChI=1S/C12H13NO3S/c1-7-3-5-9(6-4-7)10-8(2)13(11(14)15)12(16)17-10/h3-6,8,10H,1-2H3,(H,14,15). The topological polar surface area (TPSA) is 57.6 Å². The van der Waals surface area contributed by atoms with Crippen molar-refractivity contribution in [3.63, 3.8) is 0 Å². The molecule has 1 heterocycles. The molecule has 2 unspecified atom stereocenters. The molecule has 1 aromatic rings. The van der Waals surface area contributed by atoms with Crippen molar-refractivity contribution in [1.82, 2.24) is 4.90 Å². The number of carbonyl (C=O) groups is 2. The minimum Gasteiger partial charge on any atom is -0.465 e. The quantitative estimate of drug-likeness (QED) is 0.832. The summed E-state index contributed by atoms with van der Waals surface area (Å²) in [4.78, 5) is 23.4. The summed E-state index contributed by atoms with van der Waals surface area (Å²) in [5.41, 5.74) is 2.14. The molecule has 2 amide bonds. The van der Waals surface area contributed by atoms with E-state index in [1.807, 2.05) is 31.2 Å². The van der Waals surface area contributed by atoms with E-state index in [1.165, 1.54) is 0 Å². The third-order valence-electron chi connectivity index (χ3n) is 2.88. The van der Waals surface area contributed by atoms with Crippen molar-refractivity contribution >= 4 is 23.1 Å². The SMILES string of the molecule is Cc1ccc(C2SC(=O)N(C(=O)O)C2C)cc1. The molecule has 0 bridgehead atoms. The summed E-state index contributed by atoms with van der Waals surface area (Å²) >= 11 is 1.08. The predicted molar refractivity (Wildman–Crippen MR) is 66.2 cm³/mol. The van der Waals surface area contributed by atoms with Crippen LogP contribution in [0.3, 0.4) is 0 Å². The molecule has 1 aliphatic heterocycles. The van der Waals surface area contributed by atoms with Crippen LogP contribution < -0.4 is 0 Å². The summed E-state index contributed by atoms with van der Waals surface area (Å²) in [6.45, 7) is 3.75. The van der Waals surface area contributed by atoms with E-state index in [2.05, 4.69) is 0 Å². The summed E-state index contributed by atoms with van der Waals surface area (Å²) in [6, 6.07) is 7.50. The molecule has 1 aromatic carbocycles. The van der Waals surface area contributed by atoms with Crippen LogP contribution in [-0.2, 0) is 0 Å². The molecular formula is C12H13NO3S. The van der Waals surface area contributed by atoms with Gasteiger partial charge in [0.25, 0.3) is 5.24 Å². The third-order valence-corrected chi connectivity index (χ3v) is 4.20. The summed E-state index contributed by atoms with van der Waals surface area (Å²) < 4.78 is 0. The Labute approximate surface area is 104 Å². The van der Waals surface area contributed by atoms with Crippen molar-refractivity contribution < 1.29 is 14.7 Å². The molecule has 4 nitrogen and oxygen atoms in total. The fourth-order valence-corrected chi connectivity index (χ4v) is 3.11. The number of carboxylic acid groups (broad SMARTS) is 1. The minimum atomic E-state index is -1.18. The van der Waals surface area contributed by atoms with Crippen LogP contribution in [0.25, 0.3) is 0 Å². The van der Waals surface area contributed by atoms with Crippen molar-refractivity contribution in [1.29, 1.82) is 0 Å². The molecule has 5 heteroatoms. The average molecular weight is 251 g/mol. The first kappa shape index (κ1) is 12.0. The second kappa shape index (κ2) is 4.41. The van der Waals surface area contributed by atoms with E-state index in [1.54, 1.807) is 6.92 Å². The molecule has 1 N–H and O–H groups in total. The Balaban J connectivity index is 2.27. The predicted octanol–water partition coefficient (Wildman–Crippen LogP) is 3.27. The number of carbonyl (C=O) groups excluding carboxylic acids is 1. The van der Waals surface area contributed by atoms with Crippen molar-refractivity contribution in [2.24, 2.45) is 0 Å². The fraction of sp³-hybridized carbons (Fsp3) is 0.333. The van der Waals surface area contributed by atoms with Crippen molar-refractivity contribution in [3.8, 4) is 0 Å². The molecule has 90 valence electrons. The van der Waals surface area contributed by atoms with Gasteiger partial charge in [-0.1, -0.05) is 41.6 Å². The van der Waals surface area contributed by atoms with Gasteiger partial charge < -0.3 is 5.11 Å². The molecule has 0 aliphatic carbocycles. The number of imide groups is 1. The summed E-state index contributed by atoms with van der Waals surface area (Å²) in [5, 5.41) is 8.45. The number of rotatable bonds is 1. The minimum absolute atomic E-state index is 0.112. The Morgan fingerprint density at radius 1 is 1.35 bits per heavy atom. The zero-order chi connectivity index (χ0) is 12.6. The van der Waals surface area contributed by atoms with Gasteiger partial charge in [0.15, 0.2) is 0 Å². The maximum absolute atomic E-state index is 11.6. The van der Waals surface area contributed by atoms with Crippen LogP contribution in [0, 0.1) is 6.92 Å². The van der Waals surface area contributed by atoms with Crippen LogP contribution in [-0.4, -0.2) is 27.4 Å². The average Bonchev–Trinajstić information content (AvgIpc) is 2.55. The Morgan fingerprint density at radius 2 is 1.94 bits per heavy atom. The molecular weight excluding hydrogens is 238 g/mol. The molecule has 2 atom stereocenters. The number of hydrogen-bond acceptors (Lipinski definition) is 3. The van der Waals surface area contributed by atoms with Crippen molar-refractivity contribution in [2.45, 2.75) is 25.1 Å². The van der Waals surface area contributed by atoms with Gasteiger partial charge in [-0.05, 0) is 19.4 Å². The van der Waals surface area contributed by atoms with Crippen LogP contribution in [0.1, 0.15) is 23.3 Å². The summed E-state index contributed by atoms with van der Waals surface area (Å²) in [7, 11) is 0. The van der Waals surface area contributed by atoms with E-state index in [0.29, 0.717) is 0 Å². The van der Waals surface area contributed by atoms with Gasteiger partial charge in [-0.25, -0.2) is 9.69 Å². The first-order valence-corrected chi connectivity index (χ1v) is 6.18. The lowest BCUT2D eigenvalue weighted by Gasteiger charge is -2.19. The lowest BCUT2D eigenvalue weighted by Crippen LogP contribution is -2.36. The van der Waals surface area contributed by atoms with E-state index in [4.69, 9.17) is 5.11 Å². The van der Waals surface area contributed by atoms with Gasteiger partial charge in [-0.15, -0.1) is 0 Å². The first-order chi connectivity index (χ1) is 8.00. The highest BCUT2D eigenvalue weighted by atomic mass is 32.2. The van der Waals surface area contributed by atoms with E-state index in [9.17, 15) is 9.59 Å². The Bertz CT molecular complexity index is 457. The third kappa shape index (κ3) is 2.15. The van der Waals surface area contributed by atoms with Gasteiger partial charge in [-0.3, -0.25) is 4.79 Å². The van der Waals surface area contributed by atoms with E-state index in [0.717, 1.165) is 27.8 Å². The Morgan fingerprint density at radius 3 is 2.41 bits per heavy atom. The summed E-state index contributed by atoms with van der Waals surface area (Å²) in [5.74, 6) is 0. The number of amides is 2. The zero-order valence-corrected chi connectivity index (χ0v) is 10.4. The molecule has 2 rings (SSSR count). The van der Waals surface area contributed by atoms with Crippen LogP contribution in [0.4, 0.5) is 9.59 Å². The molecule has 1 aliphatic rings. The highest BCUT2D eigenvalue weighted by Crippen LogP contribution is 2.42. The molecule has 0 aromatic heterocycles. The van der Waals surface area contributed by atoms with Crippen molar-refractivity contribution in [3.05, 3.63) is 35.4 Å². The van der Waals surface area contributed by atoms with Crippen LogP contribution in [0.2, 0.25) is 0 Å². The smallest absolute Gasteiger partial charge is 0.415 e. The highest BCUT2D eigenvalue weighted by Gasteiger charge is 2.42. The Hall–Kier alpha value is -1.49. The highest BCUT2D eigenvalue weighted by molar-refractivity contribution is 8.14. The molecule has 1 fully saturated rings. The lowest BCUT2D eigenvalue weighted by atomic mass is 10.0. The van der Waals surface area contributed by atoms with Gasteiger partial charge in [0.2, 0.25) is 0 Å². The number of benzene rings is 1.